The van der Waals surface area contributed by atoms with Crippen LogP contribution >= 0.6 is 28.3 Å². The van der Waals surface area contributed by atoms with Crippen molar-refractivity contribution in [1.82, 2.24) is 0 Å². The van der Waals surface area contributed by atoms with Gasteiger partial charge in [0.15, 0.2) is 11.5 Å². The van der Waals surface area contributed by atoms with Crippen molar-refractivity contribution in [2.24, 2.45) is 11.7 Å². The number of benzene rings is 1. The molecule has 0 aliphatic rings. The number of phenols is 1. The fourth-order valence-electron chi connectivity index (χ4n) is 1.52. The molecule has 0 fully saturated rings. The van der Waals surface area contributed by atoms with Crippen LogP contribution in [0.2, 0.25) is 0 Å². The summed E-state index contributed by atoms with van der Waals surface area (Å²) in [5, 5.41) is 9.69. The second-order valence-electron chi connectivity index (χ2n) is 3.96. The van der Waals surface area contributed by atoms with Gasteiger partial charge in [-0.2, -0.15) is 0 Å². The predicted molar refractivity (Wildman–Crippen MR) is 76.0 cm³/mol. The molecule has 0 aliphatic carbocycles. The molecule has 1 rings (SSSR count). The first kappa shape index (κ1) is 16.6. The van der Waals surface area contributed by atoms with Crippen molar-refractivity contribution in [2.45, 2.75) is 26.3 Å². The number of phenolic OH excluding ortho intramolecular Hbond substituents is 1. The van der Waals surface area contributed by atoms with Gasteiger partial charge in [-0.25, -0.2) is 0 Å². The van der Waals surface area contributed by atoms with Crippen LogP contribution < -0.4 is 10.5 Å². The van der Waals surface area contributed by atoms with Gasteiger partial charge >= 0.3 is 0 Å². The summed E-state index contributed by atoms with van der Waals surface area (Å²) < 4.78 is 5.71. The van der Waals surface area contributed by atoms with Gasteiger partial charge in [-0.1, -0.05) is 20.3 Å². The van der Waals surface area contributed by atoms with Crippen LogP contribution in [-0.2, 0) is 0 Å². The van der Waals surface area contributed by atoms with Gasteiger partial charge in [0.05, 0.1) is 11.6 Å². The molecule has 17 heavy (non-hydrogen) atoms. The number of rotatable bonds is 4. The predicted octanol–water partition coefficient (Wildman–Crippen LogP) is 3.63. The van der Waals surface area contributed by atoms with Gasteiger partial charge in [0.2, 0.25) is 0 Å². The lowest BCUT2D eigenvalue weighted by Crippen LogP contribution is -2.18. The number of halogens is 2. The number of hydrogen-bond donors (Lipinski definition) is 2. The molecule has 98 valence electrons. The van der Waals surface area contributed by atoms with Gasteiger partial charge in [0.25, 0.3) is 0 Å². The second kappa shape index (κ2) is 7.09. The summed E-state index contributed by atoms with van der Waals surface area (Å²) in [6.45, 7) is 4.22. The summed E-state index contributed by atoms with van der Waals surface area (Å²) in [4.78, 5) is 0. The fourth-order valence-corrected chi connectivity index (χ4v) is 1.98. The number of methoxy groups -OCH3 is 1. The van der Waals surface area contributed by atoms with Crippen LogP contribution in [0.3, 0.4) is 0 Å². The molecule has 0 saturated carbocycles. The Morgan fingerprint density at radius 2 is 2.06 bits per heavy atom. The zero-order valence-electron chi connectivity index (χ0n) is 10.2. The van der Waals surface area contributed by atoms with Crippen molar-refractivity contribution in [2.75, 3.05) is 7.11 Å². The second-order valence-corrected chi connectivity index (χ2v) is 4.82. The van der Waals surface area contributed by atoms with E-state index in [1.807, 2.05) is 6.07 Å². The van der Waals surface area contributed by atoms with Crippen molar-refractivity contribution < 1.29 is 9.84 Å². The highest BCUT2D eigenvalue weighted by Gasteiger charge is 2.17. The van der Waals surface area contributed by atoms with Crippen LogP contribution in [0.5, 0.6) is 11.5 Å². The molecule has 1 aromatic carbocycles. The summed E-state index contributed by atoms with van der Waals surface area (Å²) in [5.41, 5.74) is 7.10. The Hall–Kier alpha value is -0.450. The van der Waals surface area contributed by atoms with Gasteiger partial charge in [-0.3, -0.25) is 0 Å². The Kier molecular flexibility index (Phi) is 6.90. The monoisotopic (exact) mass is 323 g/mol. The maximum absolute atomic E-state index is 9.69. The zero-order chi connectivity index (χ0) is 12.3. The summed E-state index contributed by atoms with van der Waals surface area (Å²) in [5.74, 6) is 0.951. The largest absolute Gasteiger partial charge is 0.503 e. The summed E-state index contributed by atoms with van der Waals surface area (Å²) in [6, 6.07) is 3.58. The summed E-state index contributed by atoms with van der Waals surface area (Å²) >= 11 is 3.29. The van der Waals surface area contributed by atoms with Crippen LogP contribution in [-0.4, -0.2) is 12.2 Å². The maximum atomic E-state index is 9.69. The number of hydrogen-bond acceptors (Lipinski definition) is 3. The van der Waals surface area contributed by atoms with Gasteiger partial charge in [0.1, 0.15) is 0 Å². The Morgan fingerprint density at radius 3 is 2.53 bits per heavy atom. The third-order valence-corrected chi connectivity index (χ3v) is 3.52. The average Bonchev–Trinajstić information content (AvgIpc) is 2.30. The molecule has 1 aromatic rings. The standard InChI is InChI=1S/C12H18BrNO2.ClH/c1-4-7(2)11(14)8-5-9(13)12(15)10(6-8)16-3;/h5-7,11,15H,4,14H2,1-3H3;1H/t7?,11-;/m0./s1. The zero-order valence-corrected chi connectivity index (χ0v) is 12.6. The lowest BCUT2D eigenvalue weighted by atomic mass is 9.93. The summed E-state index contributed by atoms with van der Waals surface area (Å²) in [7, 11) is 1.53. The van der Waals surface area contributed by atoms with E-state index < -0.39 is 0 Å². The molecule has 3 N–H and O–H groups in total. The minimum absolute atomic E-state index is 0. The molecule has 0 aliphatic heterocycles. The maximum Gasteiger partial charge on any atom is 0.172 e. The molecular formula is C12H19BrClNO2. The van der Waals surface area contributed by atoms with E-state index in [4.69, 9.17) is 10.5 Å². The minimum Gasteiger partial charge on any atom is -0.503 e. The molecule has 0 saturated heterocycles. The Morgan fingerprint density at radius 1 is 1.47 bits per heavy atom. The molecule has 1 unspecified atom stereocenters. The molecule has 2 atom stereocenters. The van der Waals surface area contributed by atoms with E-state index in [1.165, 1.54) is 7.11 Å². The van der Waals surface area contributed by atoms with E-state index in [0.29, 0.717) is 16.1 Å². The first-order valence-corrected chi connectivity index (χ1v) is 6.12. The fraction of sp³-hybridized carbons (Fsp3) is 0.500. The molecule has 3 nitrogen and oxygen atoms in total. The molecule has 0 amide bonds. The van der Waals surface area contributed by atoms with E-state index in [0.717, 1.165) is 12.0 Å². The van der Waals surface area contributed by atoms with Crippen molar-refractivity contribution in [3.8, 4) is 11.5 Å². The van der Waals surface area contributed by atoms with Crippen LogP contribution in [0.1, 0.15) is 31.9 Å². The van der Waals surface area contributed by atoms with Crippen LogP contribution in [0, 0.1) is 5.92 Å². The van der Waals surface area contributed by atoms with E-state index in [-0.39, 0.29) is 24.2 Å². The van der Waals surface area contributed by atoms with Crippen molar-refractivity contribution >= 4 is 28.3 Å². The van der Waals surface area contributed by atoms with Gasteiger partial charge < -0.3 is 15.6 Å². The lowest BCUT2D eigenvalue weighted by molar-refractivity contribution is 0.369. The molecule has 0 heterocycles. The third-order valence-electron chi connectivity index (χ3n) is 2.91. The topological polar surface area (TPSA) is 55.5 Å². The molecule has 0 aromatic heterocycles. The Balaban J connectivity index is 0.00000256. The highest BCUT2D eigenvalue weighted by atomic mass is 79.9. The quantitative estimate of drug-likeness (QED) is 0.889. The number of aromatic hydroxyl groups is 1. The Labute approximate surface area is 117 Å². The highest BCUT2D eigenvalue weighted by Crippen LogP contribution is 2.37. The highest BCUT2D eigenvalue weighted by molar-refractivity contribution is 9.10. The normalized spacial score (nSPS) is 13.7. The average molecular weight is 325 g/mol. The summed E-state index contributed by atoms with van der Waals surface area (Å²) in [6.07, 6.45) is 1.02. The first-order valence-electron chi connectivity index (χ1n) is 5.33. The van der Waals surface area contributed by atoms with E-state index >= 15 is 0 Å². The van der Waals surface area contributed by atoms with Crippen molar-refractivity contribution in [3.05, 3.63) is 22.2 Å². The van der Waals surface area contributed by atoms with Crippen LogP contribution in [0.15, 0.2) is 16.6 Å². The van der Waals surface area contributed by atoms with Crippen LogP contribution in [0.4, 0.5) is 0 Å². The van der Waals surface area contributed by atoms with Crippen molar-refractivity contribution in [1.29, 1.82) is 0 Å². The lowest BCUT2D eigenvalue weighted by Gasteiger charge is -2.20. The molecule has 0 bridgehead atoms. The molecule has 0 radical (unpaired) electrons. The van der Waals surface area contributed by atoms with E-state index in [2.05, 4.69) is 29.8 Å². The smallest absolute Gasteiger partial charge is 0.172 e. The van der Waals surface area contributed by atoms with Gasteiger partial charge in [-0.05, 0) is 39.5 Å². The van der Waals surface area contributed by atoms with Crippen molar-refractivity contribution in [3.63, 3.8) is 0 Å². The molecule has 0 spiro atoms. The molecular weight excluding hydrogens is 305 g/mol. The number of ether oxygens (including phenoxy) is 1. The van der Waals surface area contributed by atoms with Gasteiger partial charge in [0, 0.05) is 6.04 Å². The molecule has 5 heteroatoms. The van der Waals surface area contributed by atoms with Crippen LogP contribution in [0.25, 0.3) is 0 Å². The Bertz CT molecular complexity index is 374. The first-order chi connectivity index (χ1) is 7.51. The van der Waals surface area contributed by atoms with E-state index in [9.17, 15) is 5.11 Å². The SMILES string of the molecule is CCC(C)[C@H](N)c1cc(Br)c(O)c(OC)c1.Cl. The number of nitrogens with two attached hydrogens (primary N) is 1. The van der Waals surface area contributed by atoms with E-state index in [1.54, 1.807) is 6.07 Å². The minimum atomic E-state index is -0.0456. The third kappa shape index (κ3) is 3.76. The van der Waals surface area contributed by atoms with Gasteiger partial charge in [-0.15, -0.1) is 12.4 Å².